The summed E-state index contributed by atoms with van der Waals surface area (Å²) in [7, 11) is 0. The summed E-state index contributed by atoms with van der Waals surface area (Å²) in [6.07, 6.45) is 0. The Morgan fingerprint density at radius 1 is 0.438 bits per heavy atom. The van der Waals surface area contributed by atoms with Crippen LogP contribution >= 0.6 is 0 Å². The van der Waals surface area contributed by atoms with E-state index >= 15 is 0 Å². The van der Waals surface area contributed by atoms with E-state index in [-0.39, 0.29) is 0 Å². The molecule has 0 bridgehead atoms. The normalized spacial score (nSPS) is 11.2. The molecule has 0 atom stereocenters. The van der Waals surface area contributed by atoms with Crippen LogP contribution in [-0.2, 0) is 0 Å². The van der Waals surface area contributed by atoms with Crippen LogP contribution in [0.2, 0.25) is 0 Å². The van der Waals surface area contributed by atoms with Crippen LogP contribution < -0.4 is 18.9 Å². The number of ether oxygens (including phenoxy) is 4. The minimum atomic E-state index is 0.360. The first-order valence-corrected chi connectivity index (χ1v) is 11.3. The fourth-order valence-corrected chi connectivity index (χ4v) is 2.81. The third kappa shape index (κ3) is 8.93. The number of aryl methyl sites for hydroxylation is 4. The quantitative estimate of drug-likeness (QED) is 0.359. The van der Waals surface area contributed by atoms with E-state index in [4.69, 9.17) is 18.9 Å². The average Bonchev–Trinajstić information content (AvgIpc) is 3.46. The molecule has 0 saturated heterocycles. The molecule has 4 heteroatoms. The topological polar surface area (TPSA) is 36.9 Å². The van der Waals surface area contributed by atoms with E-state index in [0.717, 1.165) is 23.0 Å². The molecule has 0 amide bonds. The van der Waals surface area contributed by atoms with Crippen molar-refractivity contribution in [2.24, 2.45) is 0 Å². The Morgan fingerprint density at radius 2 is 0.781 bits per heavy atom. The highest BCUT2D eigenvalue weighted by Gasteiger charge is 2.12. The largest absolute Gasteiger partial charge is 0.454 e. The monoisotopic (exact) mass is 438 g/mol. The van der Waals surface area contributed by atoms with E-state index < -0.39 is 0 Å². The van der Waals surface area contributed by atoms with Crippen molar-refractivity contribution >= 4 is 0 Å². The van der Waals surface area contributed by atoms with E-state index in [0.29, 0.717) is 13.6 Å². The van der Waals surface area contributed by atoms with Crippen LogP contribution in [0.5, 0.6) is 23.0 Å². The molecule has 0 radical (unpaired) electrons. The van der Waals surface area contributed by atoms with Crippen molar-refractivity contribution in [3.63, 3.8) is 0 Å². The van der Waals surface area contributed by atoms with Crippen molar-refractivity contribution in [3.05, 3.63) is 82.9 Å². The van der Waals surface area contributed by atoms with Gasteiger partial charge in [-0.15, -0.1) is 0 Å². The van der Waals surface area contributed by atoms with Crippen LogP contribution in [0, 0.1) is 27.7 Å². The highest BCUT2D eigenvalue weighted by molar-refractivity contribution is 5.44. The Morgan fingerprint density at radius 3 is 1.12 bits per heavy atom. The zero-order chi connectivity index (χ0) is 23.9. The molecule has 4 nitrogen and oxygen atoms in total. The molecular weight excluding hydrogens is 400 g/mol. The van der Waals surface area contributed by atoms with Gasteiger partial charge in [0.15, 0.2) is 23.0 Å². The SMILES string of the molecule is CC.CC.Cc1ccc2c(c1)OCO2.Cc1ccc2c(c1)OCO2.Cc1cccc(C)c1. The van der Waals surface area contributed by atoms with Crippen molar-refractivity contribution < 1.29 is 18.9 Å². The molecule has 2 aliphatic heterocycles. The number of hydrogen-bond donors (Lipinski definition) is 0. The Balaban J connectivity index is 0.000000224. The zero-order valence-corrected chi connectivity index (χ0v) is 20.8. The fraction of sp³-hybridized carbons (Fsp3) is 0.357. The average molecular weight is 439 g/mol. The lowest BCUT2D eigenvalue weighted by Gasteiger charge is -1.94. The van der Waals surface area contributed by atoms with E-state index in [1.165, 1.54) is 22.3 Å². The minimum Gasteiger partial charge on any atom is -0.454 e. The molecule has 0 N–H and O–H groups in total. The summed E-state index contributed by atoms with van der Waals surface area (Å²) in [5.41, 5.74) is 5.07. The van der Waals surface area contributed by atoms with Crippen LogP contribution in [0.1, 0.15) is 49.9 Å². The lowest BCUT2D eigenvalue weighted by molar-refractivity contribution is 0.173. The second-order valence-electron chi connectivity index (χ2n) is 6.87. The Labute approximate surface area is 194 Å². The van der Waals surface area contributed by atoms with Gasteiger partial charge in [0.1, 0.15) is 0 Å². The maximum Gasteiger partial charge on any atom is 0.231 e. The predicted molar refractivity (Wildman–Crippen MR) is 133 cm³/mol. The molecule has 0 aliphatic carbocycles. The molecule has 3 aromatic rings. The van der Waals surface area contributed by atoms with Crippen molar-refractivity contribution in [1.29, 1.82) is 0 Å². The zero-order valence-electron chi connectivity index (χ0n) is 20.8. The summed E-state index contributed by atoms with van der Waals surface area (Å²) in [5.74, 6) is 3.43. The van der Waals surface area contributed by atoms with Crippen molar-refractivity contribution in [2.75, 3.05) is 13.6 Å². The van der Waals surface area contributed by atoms with Gasteiger partial charge >= 0.3 is 0 Å². The molecule has 0 unspecified atom stereocenters. The lowest BCUT2D eigenvalue weighted by Crippen LogP contribution is -1.92. The summed E-state index contributed by atoms with van der Waals surface area (Å²) < 4.78 is 20.6. The van der Waals surface area contributed by atoms with Gasteiger partial charge in [-0.1, -0.05) is 75.2 Å². The number of hydrogen-bond acceptors (Lipinski definition) is 4. The summed E-state index contributed by atoms with van der Waals surface area (Å²) in [6, 6.07) is 20.3. The number of rotatable bonds is 0. The molecule has 32 heavy (non-hydrogen) atoms. The lowest BCUT2D eigenvalue weighted by atomic mass is 10.2. The third-order valence-corrected chi connectivity index (χ3v) is 4.23. The Kier molecular flexibility index (Phi) is 12.4. The van der Waals surface area contributed by atoms with Gasteiger partial charge in [-0.25, -0.2) is 0 Å². The van der Waals surface area contributed by atoms with Gasteiger partial charge in [0.25, 0.3) is 0 Å². The van der Waals surface area contributed by atoms with Crippen molar-refractivity contribution in [1.82, 2.24) is 0 Å². The molecule has 174 valence electrons. The third-order valence-electron chi connectivity index (χ3n) is 4.23. The van der Waals surface area contributed by atoms with Crippen molar-refractivity contribution in [2.45, 2.75) is 55.4 Å². The van der Waals surface area contributed by atoms with E-state index in [9.17, 15) is 0 Å². The summed E-state index contributed by atoms with van der Waals surface area (Å²) in [5, 5.41) is 0. The van der Waals surface area contributed by atoms with Gasteiger partial charge in [0.2, 0.25) is 13.6 Å². The van der Waals surface area contributed by atoms with Gasteiger partial charge in [-0.2, -0.15) is 0 Å². The van der Waals surface area contributed by atoms with Gasteiger partial charge in [0.05, 0.1) is 0 Å². The molecule has 0 aromatic heterocycles. The first-order valence-electron chi connectivity index (χ1n) is 11.3. The summed E-state index contributed by atoms with van der Waals surface area (Å²) in [4.78, 5) is 0. The summed E-state index contributed by atoms with van der Waals surface area (Å²) >= 11 is 0. The van der Waals surface area contributed by atoms with Gasteiger partial charge < -0.3 is 18.9 Å². The maximum absolute atomic E-state index is 5.16. The molecule has 0 spiro atoms. The van der Waals surface area contributed by atoms with E-state index in [1.807, 2.05) is 77.9 Å². The second-order valence-corrected chi connectivity index (χ2v) is 6.87. The molecule has 3 aromatic carbocycles. The van der Waals surface area contributed by atoms with Crippen molar-refractivity contribution in [3.8, 4) is 23.0 Å². The first-order chi connectivity index (χ1) is 15.5. The summed E-state index contributed by atoms with van der Waals surface area (Å²) in [6.45, 7) is 17.0. The molecule has 0 saturated carbocycles. The molecule has 2 heterocycles. The fourth-order valence-electron chi connectivity index (χ4n) is 2.81. The van der Waals surface area contributed by atoms with Gasteiger partial charge in [0, 0.05) is 0 Å². The first kappa shape index (κ1) is 26.9. The molecule has 5 rings (SSSR count). The molecule has 2 aliphatic rings. The minimum absolute atomic E-state index is 0.360. The second kappa shape index (κ2) is 14.8. The Bertz CT molecular complexity index is 862. The van der Waals surface area contributed by atoms with Gasteiger partial charge in [-0.05, 0) is 63.1 Å². The van der Waals surface area contributed by atoms with E-state index in [1.54, 1.807) is 0 Å². The highest BCUT2D eigenvalue weighted by atomic mass is 16.7. The highest BCUT2D eigenvalue weighted by Crippen LogP contribution is 2.32. The Hall–Kier alpha value is -3.14. The smallest absolute Gasteiger partial charge is 0.231 e. The molecular formula is C28H38O4. The number of benzene rings is 3. The van der Waals surface area contributed by atoms with Crippen LogP contribution in [0.15, 0.2) is 60.7 Å². The standard InChI is InChI=1S/2C8H8O2.C8H10.2C2H6/c2*1-6-2-3-7-8(4-6)10-5-9-7;1-7-4-3-5-8(2)6-7;2*1-2/h2*2-4H,5H2,1H3;3-6H,1-2H3;2*1-2H3. The van der Waals surface area contributed by atoms with Crippen LogP contribution in [0.4, 0.5) is 0 Å². The predicted octanol–water partition coefficient (Wildman–Crippen LogP) is 7.80. The van der Waals surface area contributed by atoms with Gasteiger partial charge in [-0.3, -0.25) is 0 Å². The molecule has 0 fully saturated rings. The maximum atomic E-state index is 5.16. The van der Waals surface area contributed by atoms with Crippen LogP contribution in [-0.4, -0.2) is 13.6 Å². The number of fused-ring (bicyclic) bond motifs is 2. The van der Waals surface area contributed by atoms with E-state index in [2.05, 4.69) is 38.1 Å². The van der Waals surface area contributed by atoms with Crippen LogP contribution in [0.3, 0.4) is 0 Å². The van der Waals surface area contributed by atoms with Crippen LogP contribution in [0.25, 0.3) is 0 Å².